The molecule has 1 aromatic heterocycles. The van der Waals surface area contributed by atoms with Gasteiger partial charge in [0.15, 0.2) is 0 Å². The summed E-state index contributed by atoms with van der Waals surface area (Å²) in [5.74, 6) is 0.260. The second-order valence-electron chi connectivity index (χ2n) is 7.69. The summed E-state index contributed by atoms with van der Waals surface area (Å²) in [6.45, 7) is 4.03. The van der Waals surface area contributed by atoms with E-state index < -0.39 is 0 Å². The van der Waals surface area contributed by atoms with Gasteiger partial charge in [-0.05, 0) is 30.9 Å². The van der Waals surface area contributed by atoms with E-state index in [2.05, 4.69) is 4.98 Å². The molecule has 4 heterocycles. The smallest absolute Gasteiger partial charge is 0.257 e. The maximum Gasteiger partial charge on any atom is 0.257 e. The second kappa shape index (κ2) is 8.45. The van der Waals surface area contributed by atoms with E-state index in [1.807, 2.05) is 11.0 Å². The second-order valence-corrected chi connectivity index (χ2v) is 7.69. The Morgan fingerprint density at radius 1 is 1.14 bits per heavy atom. The normalized spacial score (nSPS) is 22.6. The molecule has 8 heteroatoms. The van der Waals surface area contributed by atoms with Crippen molar-refractivity contribution >= 4 is 17.6 Å². The standard InChI is InChI=1S/C20H28N4O4/c21-19-16(20(26)23-6-9-27-10-7-23)11-14-13-24(5-4-17(14)22-19)18(25)12-15-3-1-2-8-28-15/h11,15H,1-10,12-13H2,(H2,21,22)/t15-/m1/s1. The van der Waals surface area contributed by atoms with Crippen LogP contribution in [0.25, 0.3) is 0 Å². The number of aromatic nitrogens is 1. The minimum Gasteiger partial charge on any atom is -0.383 e. The molecule has 28 heavy (non-hydrogen) atoms. The van der Waals surface area contributed by atoms with Gasteiger partial charge in [0.05, 0.1) is 31.3 Å². The number of amides is 2. The highest BCUT2D eigenvalue weighted by atomic mass is 16.5. The third kappa shape index (κ3) is 4.12. The lowest BCUT2D eigenvalue weighted by Gasteiger charge is -2.31. The number of carbonyl (C=O) groups is 2. The molecule has 152 valence electrons. The van der Waals surface area contributed by atoms with Gasteiger partial charge in [0.2, 0.25) is 5.91 Å². The van der Waals surface area contributed by atoms with E-state index in [1.54, 1.807) is 4.90 Å². The van der Waals surface area contributed by atoms with Gasteiger partial charge in [-0.1, -0.05) is 0 Å². The van der Waals surface area contributed by atoms with Crippen molar-refractivity contribution < 1.29 is 19.1 Å². The number of nitrogens with zero attached hydrogens (tertiary/aromatic N) is 3. The van der Waals surface area contributed by atoms with Gasteiger partial charge >= 0.3 is 0 Å². The van der Waals surface area contributed by atoms with Crippen molar-refractivity contribution in [1.29, 1.82) is 0 Å². The van der Waals surface area contributed by atoms with Crippen molar-refractivity contribution in [3.05, 3.63) is 22.9 Å². The molecule has 0 bridgehead atoms. The zero-order valence-electron chi connectivity index (χ0n) is 16.2. The van der Waals surface area contributed by atoms with E-state index in [0.717, 1.165) is 37.1 Å². The number of nitrogens with two attached hydrogens (primary N) is 1. The van der Waals surface area contributed by atoms with E-state index in [4.69, 9.17) is 15.2 Å². The molecule has 4 rings (SSSR count). The predicted octanol–water partition coefficient (Wildman–Crippen LogP) is 0.980. The topological polar surface area (TPSA) is 98.0 Å². The van der Waals surface area contributed by atoms with Gasteiger partial charge in [-0.3, -0.25) is 9.59 Å². The quantitative estimate of drug-likeness (QED) is 0.829. The Morgan fingerprint density at radius 3 is 2.71 bits per heavy atom. The highest BCUT2D eigenvalue weighted by Crippen LogP contribution is 2.25. The molecule has 0 radical (unpaired) electrons. The Hall–Kier alpha value is -2.19. The van der Waals surface area contributed by atoms with Crippen LogP contribution < -0.4 is 5.73 Å². The molecule has 0 spiro atoms. The van der Waals surface area contributed by atoms with E-state index in [-0.39, 0.29) is 23.7 Å². The van der Waals surface area contributed by atoms with Crippen molar-refractivity contribution in [2.24, 2.45) is 0 Å². The van der Waals surface area contributed by atoms with Crippen LogP contribution in [-0.4, -0.2) is 72.2 Å². The van der Waals surface area contributed by atoms with Gasteiger partial charge in [-0.15, -0.1) is 0 Å². The van der Waals surface area contributed by atoms with Crippen LogP contribution in [0, 0.1) is 0 Å². The van der Waals surface area contributed by atoms with E-state index in [1.165, 1.54) is 0 Å². The van der Waals surface area contributed by atoms with Gasteiger partial charge in [-0.25, -0.2) is 4.98 Å². The lowest BCUT2D eigenvalue weighted by molar-refractivity contribution is -0.136. The number of anilines is 1. The Kier molecular flexibility index (Phi) is 5.77. The number of morpholine rings is 1. The summed E-state index contributed by atoms with van der Waals surface area (Å²) < 4.78 is 11.0. The summed E-state index contributed by atoms with van der Waals surface area (Å²) in [5, 5.41) is 0. The molecule has 2 amide bonds. The molecule has 1 atom stereocenters. The number of hydrogen-bond acceptors (Lipinski definition) is 6. The molecule has 1 aromatic rings. The third-order valence-electron chi connectivity index (χ3n) is 5.76. The summed E-state index contributed by atoms with van der Waals surface area (Å²) >= 11 is 0. The number of carbonyl (C=O) groups excluding carboxylic acids is 2. The van der Waals surface area contributed by atoms with Crippen molar-refractivity contribution in [2.75, 3.05) is 45.2 Å². The maximum atomic E-state index is 12.8. The van der Waals surface area contributed by atoms with Crippen LogP contribution >= 0.6 is 0 Å². The molecule has 0 unspecified atom stereocenters. The molecular formula is C20H28N4O4. The Bertz CT molecular complexity index is 742. The van der Waals surface area contributed by atoms with E-state index in [9.17, 15) is 9.59 Å². The number of nitrogen functional groups attached to an aromatic ring is 1. The fourth-order valence-corrected chi connectivity index (χ4v) is 4.10. The summed E-state index contributed by atoms with van der Waals surface area (Å²) in [6, 6.07) is 1.83. The zero-order chi connectivity index (χ0) is 19.5. The average Bonchev–Trinajstić information content (AvgIpc) is 2.74. The lowest BCUT2D eigenvalue weighted by atomic mass is 10.0. The van der Waals surface area contributed by atoms with Crippen LogP contribution in [0.4, 0.5) is 5.82 Å². The fourth-order valence-electron chi connectivity index (χ4n) is 4.10. The molecule has 2 N–H and O–H groups in total. The zero-order valence-corrected chi connectivity index (χ0v) is 16.2. The molecule has 0 saturated carbocycles. The molecule has 2 saturated heterocycles. The maximum absolute atomic E-state index is 12.8. The number of pyridine rings is 1. The molecule has 0 aromatic carbocycles. The number of fused-ring (bicyclic) bond motifs is 1. The van der Waals surface area contributed by atoms with Gasteiger partial charge < -0.3 is 25.0 Å². The number of hydrogen-bond donors (Lipinski definition) is 1. The summed E-state index contributed by atoms with van der Waals surface area (Å²) in [7, 11) is 0. The summed E-state index contributed by atoms with van der Waals surface area (Å²) in [6.07, 6.45) is 4.27. The molecule has 2 fully saturated rings. The minimum absolute atomic E-state index is 0.0330. The lowest BCUT2D eigenvalue weighted by Crippen LogP contribution is -2.41. The molecule has 0 aliphatic carbocycles. The SMILES string of the molecule is Nc1nc2c(cc1C(=O)N1CCOCC1)CN(C(=O)C[C@H]1CCCCO1)CC2. The van der Waals surface area contributed by atoms with E-state index in [0.29, 0.717) is 57.8 Å². The van der Waals surface area contributed by atoms with Crippen molar-refractivity contribution in [2.45, 2.75) is 44.8 Å². The first-order valence-corrected chi connectivity index (χ1v) is 10.2. The number of rotatable bonds is 3. The van der Waals surface area contributed by atoms with Gasteiger partial charge in [0.25, 0.3) is 5.91 Å². The van der Waals surface area contributed by atoms with Crippen LogP contribution in [0.15, 0.2) is 6.07 Å². The Labute approximate surface area is 165 Å². The highest BCUT2D eigenvalue weighted by Gasteiger charge is 2.28. The minimum atomic E-state index is -0.116. The largest absolute Gasteiger partial charge is 0.383 e. The first-order chi connectivity index (χ1) is 13.6. The van der Waals surface area contributed by atoms with Crippen molar-refractivity contribution in [1.82, 2.24) is 14.8 Å². The fraction of sp³-hybridized carbons (Fsp3) is 0.650. The van der Waals surface area contributed by atoms with Crippen LogP contribution in [0.2, 0.25) is 0 Å². The summed E-state index contributed by atoms with van der Waals surface area (Å²) in [5.41, 5.74) is 8.30. The molecule has 3 aliphatic rings. The first kappa shape index (κ1) is 19.1. The van der Waals surface area contributed by atoms with Gasteiger partial charge in [0.1, 0.15) is 5.82 Å². The number of ether oxygens (including phenoxy) is 2. The predicted molar refractivity (Wildman–Crippen MR) is 103 cm³/mol. The van der Waals surface area contributed by atoms with Crippen molar-refractivity contribution in [3.63, 3.8) is 0 Å². The van der Waals surface area contributed by atoms with Gasteiger partial charge in [-0.2, -0.15) is 0 Å². The van der Waals surface area contributed by atoms with E-state index >= 15 is 0 Å². The third-order valence-corrected chi connectivity index (χ3v) is 5.76. The van der Waals surface area contributed by atoms with Crippen LogP contribution in [-0.2, 0) is 27.2 Å². The monoisotopic (exact) mass is 388 g/mol. The summed E-state index contributed by atoms with van der Waals surface area (Å²) in [4.78, 5) is 33.6. The first-order valence-electron chi connectivity index (χ1n) is 10.2. The van der Waals surface area contributed by atoms with Crippen LogP contribution in [0.5, 0.6) is 0 Å². The van der Waals surface area contributed by atoms with Crippen molar-refractivity contribution in [3.8, 4) is 0 Å². The van der Waals surface area contributed by atoms with Crippen LogP contribution in [0.1, 0.15) is 47.3 Å². The molecule has 3 aliphatic heterocycles. The Morgan fingerprint density at radius 2 is 1.96 bits per heavy atom. The average molecular weight is 388 g/mol. The molecule has 8 nitrogen and oxygen atoms in total. The van der Waals surface area contributed by atoms with Crippen LogP contribution in [0.3, 0.4) is 0 Å². The highest BCUT2D eigenvalue weighted by molar-refractivity contribution is 5.98. The Balaban J connectivity index is 1.46. The molecular weight excluding hydrogens is 360 g/mol. The van der Waals surface area contributed by atoms with Gasteiger partial charge in [0, 0.05) is 44.9 Å².